The Kier molecular flexibility index (Phi) is 3.97. The molecule has 2 nitrogen and oxygen atoms in total. The van der Waals surface area contributed by atoms with E-state index in [2.05, 4.69) is 12.2 Å². The Morgan fingerprint density at radius 2 is 2.17 bits per heavy atom. The predicted molar refractivity (Wildman–Crippen MR) is 66.0 cm³/mol. The van der Waals surface area contributed by atoms with Crippen LogP contribution in [0.25, 0.3) is 0 Å². The summed E-state index contributed by atoms with van der Waals surface area (Å²) in [5.74, 6) is -1.63. The fraction of sp³-hybridized carbons (Fsp3) is 0.571. The first-order valence-electron chi connectivity index (χ1n) is 6.33. The molecule has 0 aliphatic heterocycles. The van der Waals surface area contributed by atoms with Crippen LogP contribution in [0.5, 0.6) is 0 Å². The van der Waals surface area contributed by atoms with Gasteiger partial charge in [0.2, 0.25) is 0 Å². The highest BCUT2D eigenvalue weighted by atomic mass is 19.2. The first-order valence-corrected chi connectivity index (χ1v) is 6.33. The van der Waals surface area contributed by atoms with Crippen molar-refractivity contribution in [2.24, 2.45) is 5.41 Å². The van der Waals surface area contributed by atoms with Crippen molar-refractivity contribution < 1.29 is 13.9 Å². The molecule has 0 amide bonds. The molecule has 100 valence electrons. The number of rotatable bonds is 4. The fourth-order valence-corrected chi connectivity index (χ4v) is 2.66. The number of hydrogen-bond donors (Lipinski definition) is 2. The Morgan fingerprint density at radius 1 is 1.39 bits per heavy atom. The van der Waals surface area contributed by atoms with Crippen LogP contribution in [0.2, 0.25) is 0 Å². The molecule has 2 rings (SSSR count). The Labute approximate surface area is 106 Å². The molecule has 0 bridgehead atoms. The predicted octanol–water partition coefficient (Wildman–Crippen LogP) is 2.61. The van der Waals surface area contributed by atoms with Crippen LogP contribution in [0.4, 0.5) is 8.78 Å². The van der Waals surface area contributed by atoms with Gasteiger partial charge in [-0.3, -0.25) is 0 Å². The van der Waals surface area contributed by atoms with E-state index in [1.54, 1.807) is 6.07 Å². The zero-order chi connectivity index (χ0) is 13.2. The van der Waals surface area contributed by atoms with Crippen molar-refractivity contribution in [2.45, 2.75) is 38.8 Å². The van der Waals surface area contributed by atoms with E-state index in [9.17, 15) is 13.9 Å². The van der Waals surface area contributed by atoms with E-state index in [0.717, 1.165) is 30.9 Å². The van der Waals surface area contributed by atoms with Crippen LogP contribution >= 0.6 is 0 Å². The van der Waals surface area contributed by atoms with E-state index in [0.29, 0.717) is 6.54 Å². The van der Waals surface area contributed by atoms with Crippen molar-refractivity contribution in [3.8, 4) is 0 Å². The third-order valence-electron chi connectivity index (χ3n) is 3.98. The summed E-state index contributed by atoms with van der Waals surface area (Å²) in [5, 5.41) is 12.8. The Morgan fingerprint density at radius 3 is 2.83 bits per heavy atom. The number of aliphatic hydroxyl groups excluding tert-OH is 1. The van der Waals surface area contributed by atoms with E-state index < -0.39 is 11.6 Å². The summed E-state index contributed by atoms with van der Waals surface area (Å²) in [4.78, 5) is 0. The summed E-state index contributed by atoms with van der Waals surface area (Å²) in [6.45, 7) is 2.71. The van der Waals surface area contributed by atoms with Crippen LogP contribution in [-0.2, 0) is 6.54 Å². The van der Waals surface area contributed by atoms with Gasteiger partial charge in [-0.05, 0) is 30.5 Å². The van der Waals surface area contributed by atoms with Crippen LogP contribution in [-0.4, -0.2) is 17.8 Å². The second kappa shape index (κ2) is 5.33. The third-order valence-corrected chi connectivity index (χ3v) is 3.98. The van der Waals surface area contributed by atoms with E-state index in [1.165, 1.54) is 6.07 Å². The van der Waals surface area contributed by atoms with Crippen LogP contribution < -0.4 is 5.32 Å². The summed E-state index contributed by atoms with van der Waals surface area (Å²) in [6, 6.07) is 4.17. The van der Waals surface area contributed by atoms with Gasteiger partial charge >= 0.3 is 0 Å². The molecule has 1 aliphatic rings. The van der Waals surface area contributed by atoms with Crippen LogP contribution in [0.15, 0.2) is 18.2 Å². The molecule has 18 heavy (non-hydrogen) atoms. The molecule has 0 aromatic heterocycles. The molecule has 0 spiro atoms. The van der Waals surface area contributed by atoms with Gasteiger partial charge in [-0.1, -0.05) is 19.4 Å². The molecule has 0 radical (unpaired) electrons. The van der Waals surface area contributed by atoms with E-state index in [-0.39, 0.29) is 18.1 Å². The molecule has 1 saturated carbocycles. The van der Waals surface area contributed by atoms with Gasteiger partial charge < -0.3 is 10.4 Å². The first-order chi connectivity index (χ1) is 8.55. The maximum Gasteiger partial charge on any atom is 0.159 e. The summed E-state index contributed by atoms with van der Waals surface area (Å²) in [5.41, 5.74) is 0.625. The van der Waals surface area contributed by atoms with Crippen molar-refractivity contribution in [3.63, 3.8) is 0 Å². The average Bonchev–Trinajstić information content (AvgIpc) is 2.73. The average molecular weight is 255 g/mol. The van der Waals surface area contributed by atoms with Crippen LogP contribution in [0, 0.1) is 17.0 Å². The lowest BCUT2D eigenvalue weighted by Crippen LogP contribution is -2.41. The Bertz CT molecular complexity index is 424. The molecule has 1 fully saturated rings. The minimum atomic E-state index is -0.820. The molecule has 0 saturated heterocycles. The van der Waals surface area contributed by atoms with Gasteiger partial charge in [0.05, 0.1) is 0 Å². The van der Waals surface area contributed by atoms with Gasteiger partial charge in [-0.2, -0.15) is 0 Å². The number of hydrogen-bond acceptors (Lipinski definition) is 2. The van der Waals surface area contributed by atoms with Crippen molar-refractivity contribution in [1.29, 1.82) is 0 Å². The zero-order valence-corrected chi connectivity index (χ0v) is 10.5. The SMILES string of the molecule is CC1(CO)CCCC1NCc1ccc(F)c(F)c1. The van der Waals surface area contributed by atoms with Crippen molar-refractivity contribution in [1.82, 2.24) is 5.32 Å². The van der Waals surface area contributed by atoms with Gasteiger partial charge in [0.1, 0.15) is 0 Å². The lowest BCUT2D eigenvalue weighted by molar-refractivity contribution is 0.118. The molecule has 2 atom stereocenters. The van der Waals surface area contributed by atoms with Gasteiger partial charge in [0, 0.05) is 24.6 Å². The molecule has 2 N–H and O–H groups in total. The minimum Gasteiger partial charge on any atom is -0.396 e. The van der Waals surface area contributed by atoms with Crippen LogP contribution in [0.1, 0.15) is 31.7 Å². The molecular formula is C14H19F2NO. The van der Waals surface area contributed by atoms with E-state index in [4.69, 9.17) is 0 Å². The maximum absolute atomic E-state index is 13.1. The van der Waals surface area contributed by atoms with Gasteiger partial charge in [0.25, 0.3) is 0 Å². The van der Waals surface area contributed by atoms with Gasteiger partial charge in [-0.15, -0.1) is 0 Å². The highest BCUT2D eigenvalue weighted by molar-refractivity contribution is 5.17. The van der Waals surface area contributed by atoms with Crippen molar-refractivity contribution in [3.05, 3.63) is 35.4 Å². The number of benzene rings is 1. The molecule has 4 heteroatoms. The summed E-state index contributed by atoms with van der Waals surface area (Å²) in [7, 11) is 0. The van der Waals surface area contributed by atoms with Gasteiger partial charge in [-0.25, -0.2) is 8.78 Å². The summed E-state index contributed by atoms with van der Waals surface area (Å²) in [6.07, 6.45) is 3.10. The Hall–Kier alpha value is -1.00. The lowest BCUT2D eigenvalue weighted by atomic mass is 9.86. The fourth-order valence-electron chi connectivity index (χ4n) is 2.66. The highest BCUT2D eigenvalue weighted by Gasteiger charge is 2.37. The standard InChI is InChI=1S/C14H19F2NO/c1-14(9-18)6-2-3-13(14)17-8-10-4-5-11(15)12(16)7-10/h4-5,7,13,17-18H,2-3,6,8-9H2,1H3. The highest BCUT2D eigenvalue weighted by Crippen LogP contribution is 2.37. The number of aliphatic hydroxyl groups is 1. The number of nitrogens with one attached hydrogen (secondary N) is 1. The third kappa shape index (κ3) is 2.70. The molecular weight excluding hydrogens is 236 g/mol. The largest absolute Gasteiger partial charge is 0.396 e. The summed E-state index contributed by atoms with van der Waals surface area (Å²) >= 11 is 0. The normalized spacial score (nSPS) is 27.7. The topological polar surface area (TPSA) is 32.3 Å². The van der Waals surface area contributed by atoms with Crippen molar-refractivity contribution in [2.75, 3.05) is 6.61 Å². The second-order valence-corrected chi connectivity index (χ2v) is 5.39. The Balaban J connectivity index is 1.97. The zero-order valence-electron chi connectivity index (χ0n) is 10.5. The van der Waals surface area contributed by atoms with Gasteiger partial charge in [0.15, 0.2) is 11.6 Å². The van der Waals surface area contributed by atoms with E-state index in [1.807, 2.05) is 0 Å². The van der Waals surface area contributed by atoms with E-state index >= 15 is 0 Å². The van der Waals surface area contributed by atoms with Crippen molar-refractivity contribution >= 4 is 0 Å². The second-order valence-electron chi connectivity index (χ2n) is 5.39. The first kappa shape index (κ1) is 13.4. The number of halogens is 2. The molecule has 1 aromatic carbocycles. The molecule has 2 unspecified atom stereocenters. The lowest BCUT2D eigenvalue weighted by Gasteiger charge is -2.30. The minimum absolute atomic E-state index is 0.0986. The summed E-state index contributed by atoms with van der Waals surface area (Å²) < 4.78 is 25.8. The maximum atomic E-state index is 13.1. The quantitative estimate of drug-likeness (QED) is 0.866. The van der Waals surface area contributed by atoms with Crippen LogP contribution in [0.3, 0.4) is 0 Å². The molecule has 1 aromatic rings. The monoisotopic (exact) mass is 255 g/mol. The molecule has 0 heterocycles. The molecule has 1 aliphatic carbocycles. The smallest absolute Gasteiger partial charge is 0.159 e.